The largest absolute Gasteiger partial charge is 0.305 e. The zero-order valence-corrected chi connectivity index (χ0v) is 22.5. The van der Waals surface area contributed by atoms with Gasteiger partial charge in [-0.3, -0.25) is 4.57 Å². The minimum atomic E-state index is 0.584. The highest BCUT2D eigenvalue weighted by Gasteiger charge is 2.23. The topological polar surface area (TPSA) is 48.5 Å². The van der Waals surface area contributed by atoms with Gasteiger partial charge >= 0.3 is 0 Å². The molecule has 5 nitrogen and oxygen atoms in total. The molecule has 42 heavy (non-hydrogen) atoms. The van der Waals surface area contributed by atoms with E-state index in [-0.39, 0.29) is 0 Å². The maximum absolute atomic E-state index is 5.12. The summed E-state index contributed by atoms with van der Waals surface area (Å²) in [4.78, 5) is 15.2. The van der Waals surface area contributed by atoms with Gasteiger partial charge < -0.3 is 4.57 Å². The van der Waals surface area contributed by atoms with E-state index >= 15 is 0 Å². The normalized spacial score (nSPS) is 11.8. The molecule has 0 radical (unpaired) electrons. The Labute approximate surface area is 241 Å². The summed E-state index contributed by atoms with van der Waals surface area (Å²) in [6, 6.07) is 48.4. The molecule has 196 valence electrons. The molecule has 7 aromatic rings. The van der Waals surface area contributed by atoms with Gasteiger partial charge in [-0.1, -0.05) is 115 Å². The molecule has 0 N–H and O–H groups in total. The zero-order chi connectivity index (χ0) is 27.6. The van der Waals surface area contributed by atoms with E-state index in [9.17, 15) is 0 Å². The van der Waals surface area contributed by atoms with Gasteiger partial charge in [0.1, 0.15) is 0 Å². The molecule has 0 atom stereocenters. The van der Waals surface area contributed by atoms with Crippen molar-refractivity contribution in [2.45, 2.75) is 0 Å². The fraction of sp³-hybridized carbons (Fsp3) is 0. The average Bonchev–Trinajstić information content (AvgIpc) is 3.07. The molecular weight excluding hydrogens is 514 g/mol. The van der Waals surface area contributed by atoms with Crippen molar-refractivity contribution in [3.8, 4) is 34.4 Å². The van der Waals surface area contributed by atoms with E-state index < -0.39 is 0 Å². The predicted octanol–water partition coefficient (Wildman–Crippen LogP) is 8.84. The van der Waals surface area contributed by atoms with Gasteiger partial charge in [0, 0.05) is 21.9 Å². The predicted molar refractivity (Wildman–Crippen MR) is 171 cm³/mol. The molecule has 0 fully saturated rings. The second-order valence-corrected chi connectivity index (χ2v) is 10.5. The molecule has 6 aromatic carbocycles. The third-order valence-corrected chi connectivity index (χ3v) is 8.14. The van der Waals surface area contributed by atoms with Crippen LogP contribution in [0, 0.1) is 0 Å². The number of fused-ring (bicyclic) bond motifs is 4. The van der Waals surface area contributed by atoms with Crippen LogP contribution < -0.4 is 0 Å². The second-order valence-electron chi connectivity index (χ2n) is 10.5. The van der Waals surface area contributed by atoms with Gasteiger partial charge in [0.2, 0.25) is 5.95 Å². The Morgan fingerprint density at radius 2 is 0.905 bits per heavy atom. The first-order chi connectivity index (χ1) is 20.8. The van der Waals surface area contributed by atoms with Crippen LogP contribution in [0.5, 0.6) is 0 Å². The van der Waals surface area contributed by atoms with Crippen LogP contribution in [0.25, 0.3) is 78.0 Å². The molecule has 0 saturated heterocycles. The number of pyridine rings is 1. The van der Waals surface area contributed by atoms with Crippen LogP contribution in [0.15, 0.2) is 140 Å². The van der Waals surface area contributed by atoms with E-state index in [1.807, 2.05) is 60.7 Å². The number of rotatable bonds is 3. The maximum Gasteiger partial charge on any atom is 0.238 e. The smallest absolute Gasteiger partial charge is 0.238 e. The van der Waals surface area contributed by atoms with Gasteiger partial charge in [-0.25, -0.2) is 4.98 Å². The van der Waals surface area contributed by atoms with E-state index in [1.165, 1.54) is 27.1 Å². The van der Waals surface area contributed by atoms with Crippen LogP contribution in [0.1, 0.15) is 0 Å². The van der Waals surface area contributed by atoms with Crippen LogP contribution in [0.2, 0.25) is 0 Å². The Kier molecular flexibility index (Phi) is 4.83. The quantitative estimate of drug-likeness (QED) is 0.167. The fourth-order valence-corrected chi connectivity index (χ4v) is 6.35. The first-order valence-corrected chi connectivity index (χ1v) is 14.1. The van der Waals surface area contributed by atoms with Crippen LogP contribution in [0.3, 0.4) is 0 Å². The number of aromatic nitrogens is 5. The third kappa shape index (κ3) is 3.28. The molecule has 0 amide bonds. The van der Waals surface area contributed by atoms with Crippen molar-refractivity contribution < 1.29 is 0 Å². The van der Waals surface area contributed by atoms with Gasteiger partial charge in [0.05, 0.1) is 27.8 Å². The van der Waals surface area contributed by atoms with Crippen LogP contribution in [-0.2, 0) is 0 Å². The minimum absolute atomic E-state index is 0.584. The van der Waals surface area contributed by atoms with Gasteiger partial charge in [-0.05, 0) is 35.0 Å². The Morgan fingerprint density at radius 3 is 1.60 bits per heavy atom. The molecule has 1 aromatic heterocycles. The Balaban J connectivity index is 1.48. The first kappa shape index (κ1) is 22.9. The number of hydrogen-bond donors (Lipinski definition) is 0. The fourth-order valence-electron chi connectivity index (χ4n) is 6.35. The number of benzene rings is 6. The lowest BCUT2D eigenvalue weighted by molar-refractivity contribution is 0.936. The number of nitrogens with zero attached hydrogens (tertiary/aromatic N) is 5. The van der Waals surface area contributed by atoms with E-state index in [0.717, 1.165) is 33.4 Å². The summed E-state index contributed by atoms with van der Waals surface area (Å²) in [6.45, 7) is 0. The monoisotopic (exact) mass is 537 g/mol. The van der Waals surface area contributed by atoms with Gasteiger partial charge in [-0.15, -0.1) is 0 Å². The molecule has 3 heterocycles. The molecule has 5 heteroatoms. The van der Waals surface area contributed by atoms with E-state index in [0.29, 0.717) is 17.6 Å². The molecule has 0 bridgehead atoms. The maximum atomic E-state index is 5.12. The second kappa shape index (κ2) is 8.85. The lowest BCUT2D eigenvalue weighted by atomic mass is 9.97. The highest BCUT2D eigenvalue weighted by Crippen LogP contribution is 2.41. The van der Waals surface area contributed by atoms with Crippen molar-refractivity contribution in [2.75, 3.05) is 0 Å². The summed E-state index contributed by atoms with van der Waals surface area (Å²) in [6.07, 6.45) is 0. The molecule has 2 aliphatic rings. The molecule has 0 unspecified atom stereocenters. The van der Waals surface area contributed by atoms with Crippen LogP contribution in [0.4, 0.5) is 0 Å². The number of para-hydroxylation sites is 3. The highest BCUT2D eigenvalue weighted by atomic mass is 15.2. The summed E-state index contributed by atoms with van der Waals surface area (Å²) in [5.41, 5.74) is 7.33. The number of hydrogen-bond acceptors (Lipinski definition) is 3. The molecule has 9 rings (SSSR count). The van der Waals surface area contributed by atoms with Gasteiger partial charge in [0.25, 0.3) is 0 Å². The Hall–Kier alpha value is -5.81. The van der Waals surface area contributed by atoms with Crippen molar-refractivity contribution >= 4 is 43.6 Å². The average molecular weight is 538 g/mol. The summed E-state index contributed by atoms with van der Waals surface area (Å²) in [5.74, 6) is 1.86. The molecule has 2 aliphatic heterocycles. The van der Waals surface area contributed by atoms with Crippen molar-refractivity contribution in [2.24, 2.45) is 0 Å². The SMILES string of the molecule is c1ccc(-c2nc(-c3ccccc3)nc(-n3c4cccc5c4-n(c4cccc6cccc5c64)c4ccccc43)n2)cc1. The third-order valence-electron chi connectivity index (χ3n) is 8.14. The van der Waals surface area contributed by atoms with E-state index in [1.54, 1.807) is 0 Å². The van der Waals surface area contributed by atoms with Crippen molar-refractivity contribution in [3.05, 3.63) is 140 Å². The van der Waals surface area contributed by atoms with Crippen molar-refractivity contribution in [1.82, 2.24) is 24.1 Å². The lowest BCUT2D eigenvalue weighted by Crippen LogP contribution is -2.14. The van der Waals surface area contributed by atoms with E-state index in [2.05, 4.69) is 88.0 Å². The molecule has 0 aliphatic carbocycles. The Morgan fingerprint density at radius 1 is 0.381 bits per heavy atom. The molecular formula is C37H23N5. The van der Waals surface area contributed by atoms with Crippen molar-refractivity contribution in [1.29, 1.82) is 0 Å². The molecule has 0 saturated carbocycles. The molecule has 0 spiro atoms. The lowest BCUT2D eigenvalue weighted by Gasteiger charge is -2.26. The van der Waals surface area contributed by atoms with E-state index in [4.69, 9.17) is 15.0 Å². The Bertz CT molecular complexity index is 2340. The summed E-state index contributed by atoms with van der Waals surface area (Å²) in [7, 11) is 0. The summed E-state index contributed by atoms with van der Waals surface area (Å²) < 4.78 is 4.60. The summed E-state index contributed by atoms with van der Waals surface area (Å²) in [5, 5.41) is 4.93. The van der Waals surface area contributed by atoms with Crippen molar-refractivity contribution in [3.63, 3.8) is 0 Å². The summed E-state index contributed by atoms with van der Waals surface area (Å²) >= 11 is 0. The van der Waals surface area contributed by atoms with Gasteiger partial charge in [0.15, 0.2) is 11.6 Å². The van der Waals surface area contributed by atoms with Gasteiger partial charge in [-0.2, -0.15) is 9.97 Å². The minimum Gasteiger partial charge on any atom is -0.305 e. The highest BCUT2D eigenvalue weighted by molar-refractivity contribution is 6.20. The van der Waals surface area contributed by atoms with Crippen LogP contribution in [-0.4, -0.2) is 24.1 Å². The van der Waals surface area contributed by atoms with Crippen LogP contribution >= 0.6 is 0 Å². The first-order valence-electron chi connectivity index (χ1n) is 14.1. The standard InChI is InChI=1S/C37H23N5/c1-3-12-25(13-4-1)35-38-36(26-14-5-2-6-15-26)40-37(39-35)42-30-21-8-7-20-29(30)41-31-22-10-17-24-16-9-18-27(33(24)31)28-19-11-23-32(42)34(28)41/h1-23H. The zero-order valence-electron chi connectivity index (χ0n) is 22.5.